The molecule has 8 nitrogen and oxygen atoms in total. The molecule has 1 aromatic carbocycles. The minimum Gasteiger partial charge on any atom is -0.493 e. The fraction of sp³-hybridized carbons (Fsp3) is 0.375. The quantitative estimate of drug-likeness (QED) is 0.415. The number of nitrogens with zero attached hydrogens (tertiary/aromatic N) is 3. The number of nitrogens with one attached hydrogen (secondary N) is 2. The average molecular weight is 331 g/mol. The molecule has 2 rings (SSSR count). The Balaban J connectivity index is 1.98. The van der Waals surface area contributed by atoms with E-state index >= 15 is 0 Å². The standard InChI is InChI=1S/C16H21N5O3/c1-3-4-5-8-24-13-7-6-12(9-14(13)23-2)10-17-20-15-11-18-21-16(22)19-15/h6-7,9-11H,3-5,8H2,1-2H3,(H2,19,20,21,22)/b17-10-. The summed E-state index contributed by atoms with van der Waals surface area (Å²) in [6.07, 6.45) is 6.27. The lowest BCUT2D eigenvalue weighted by Crippen LogP contribution is -2.13. The van der Waals surface area contributed by atoms with Gasteiger partial charge in [-0.05, 0) is 30.2 Å². The Kier molecular flexibility index (Phi) is 6.75. The van der Waals surface area contributed by atoms with Crippen LogP contribution in [0.5, 0.6) is 11.5 Å². The van der Waals surface area contributed by atoms with Crippen molar-refractivity contribution < 1.29 is 9.47 Å². The first-order valence-electron chi connectivity index (χ1n) is 7.74. The lowest BCUT2D eigenvalue weighted by molar-refractivity contribution is 0.286. The fourth-order valence-electron chi connectivity index (χ4n) is 1.96. The maximum absolute atomic E-state index is 11.0. The van der Waals surface area contributed by atoms with E-state index in [2.05, 4.69) is 32.6 Å². The Morgan fingerprint density at radius 3 is 2.96 bits per heavy atom. The third kappa shape index (κ3) is 5.38. The summed E-state index contributed by atoms with van der Waals surface area (Å²) in [7, 11) is 1.60. The van der Waals surface area contributed by atoms with E-state index in [9.17, 15) is 4.79 Å². The van der Waals surface area contributed by atoms with Gasteiger partial charge in [0.25, 0.3) is 0 Å². The van der Waals surface area contributed by atoms with Gasteiger partial charge in [0.05, 0.1) is 26.1 Å². The summed E-state index contributed by atoms with van der Waals surface area (Å²) in [5.41, 5.74) is 2.92. The highest BCUT2D eigenvalue weighted by molar-refractivity contribution is 5.81. The van der Waals surface area contributed by atoms with Gasteiger partial charge in [-0.25, -0.2) is 9.89 Å². The van der Waals surface area contributed by atoms with Gasteiger partial charge < -0.3 is 9.47 Å². The first-order valence-corrected chi connectivity index (χ1v) is 7.74. The van der Waals surface area contributed by atoms with Crippen LogP contribution in [-0.2, 0) is 0 Å². The lowest BCUT2D eigenvalue weighted by Gasteiger charge is -2.11. The van der Waals surface area contributed by atoms with Crippen LogP contribution in [0.4, 0.5) is 5.82 Å². The van der Waals surface area contributed by atoms with Crippen LogP contribution in [0.15, 0.2) is 34.3 Å². The van der Waals surface area contributed by atoms with Gasteiger partial charge in [-0.1, -0.05) is 19.8 Å². The zero-order valence-corrected chi connectivity index (χ0v) is 13.8. The lowest BCUT2D eigenvalue weighted by atomic mass is 10.2. The van der Waals surface area contributed by atoms with Crippen LogP contribution in [0.1, 0.15) is 31.7 Å². The smallest absolute Gasteiger partial charge is 0.363 e. The van der Waals surface area contributed by atoms with E-state index in [1.54, 1.807) is 13.3 Å². The minimum atomic E-state index is -0.540. The summed E-state index contributed by atoms with van der Waals surface area (Å²) < 4.78 is 11.1. The van der Waals surface area contributed by atoms with Gasteiger partial charge in [0.15, 0.2) is 17.3 Å². The van der Waals surface area contributed by atoms with Gasteiger partial charge >= 0.3 is 5.69 Å². The third-order valence-corrected chi connectivity index (χ3v) is 3.15. The van der Waals surface area contributed by atoms with Crippen molar-refractivity contribution in [1.29, 1.82) is 0 Å². The van der Waals surface area contributed by atoms with E-state index in [0.717, 1.165) is 24.8 Å². The molecule has 0 fully saturated rings. The molecular formula is C16H21N5O3. The van der Waals surface area contributed by atoms with E-state index in [-0.39, 0.29) is 5.82 Å². The van der Waals surface area contributed by atoms with Gasteiger partial charge in [0.1, 0.15) is 0 Å². The number of unbranched alkanes of at least 4 members (excludes halogenated alkanes) is 2. The molecule has 1 aromatic heterocycles. The van der Waals surface area contributed by atoms with Crippen LogP contribution >= 0.6 is 0 Å². The van der Waals surface area contributed by atoms with Crippen molar-refractivity contribution in [3.63, 3.8) is 0 Å². The molecule has 8 heteroatoms. The predicted octanol–water partition coefficient (Wildman–Crippen LogP) is 2.19. The molecule has 0 aliphatic heterocycles. The molecule has 0 radical (unpaired) electrons. The number of aromatic nitrogens is 3. The van der Waals surface area contributed by atoms with Crippen molar-refractivity contribution in [2.75, 3.05) is 19.1 Å². The number of anilines is 1. The number of methoxy groups -OCH3 is 1. The van der Waals surface area contributed by atoms with E-state index in [1.165, 1.54) is 6.20 Å². The predicted molar refractivity (Wildman–Crippen MR) is 91.9 cm³/mol. The van der Waals surface area contributed by atoms with Gasteiger partial charge in [0, 0.05) is 0 Å². The Hall–Kier alpha value is -2.90. The summed E-state index contributed by atoms with van der Waals surface area (Å²) in [5, 5.41) is 9.82. The number of aromatic amines is 1. The van der Waals surface area contributed by atoms with E-state index in [0.29, 0.717) is 18.1 Å². The molecule has 0 saturated carbocycles. The largest absolute Gasteiger partial charge is 0.493 e. The van der Waals surface area contributed by atoms with E-state index < -0.39 is 5.69 Å². The fourth-order valence-corrected chi connectivity index (χ4v) is 1.96. The van der Waals surface area contributed by atoms with E-state index in [1.807, 2.05) is 18.2 Å². The van der Waals surface area contributed by atoms with Crippen molar-refractivity contribution in [2.24, 2.45) is 5.10 Å². The molecule has 0 atom stereocenters. The number of ether oxygens (including phenoxy) is 2. The van der Waals surface area contributed by atoms with Crippen LogP contribution < -0.4 is 20.6 Å². The van der Waals surface area contributed by atoms with Crippen LogP contribution in [0.25, 0.3) is 0 Å². The number of rotatable bonds is 9. The van der Waals surface area contributed by atoms with E-state index in [4.69, 9.17) is 9.47 Å². The van der Waals surface area contributed by atoms with Crippen molar-refractivity contribution in [3.05, 3.63) is 40.4 Å². The Labute approximate surface area is 139 Å². The molecule has 128 valence electrons. The molecule has 0 bridgehead atoms. The highest BCUT2D eigenvalue weighted by Crippen LogP contribution is 2.27. The van der Waals surface area contributed by atoms with Crippen molar-refractivity contribution in [3.8, 4) is 11.5 Å². The van der Waals surface area contributed by atoms with Crippen LogP contribution in [-0.4, -0.2) is 35.1 Å². The highest BCUT2D eigenvalue weighted by Gasteiger charge is 2.05. The van der Waals surface area contributed by atoms with Crippen molar-refractivity contribution in [1.82, 2.24) is 15.2 Å². The highest BCUT2D eigenvalue weighted by atomic mass is 16.5. The second kappa shape index (κ2) is 9.29. The molecule has 0 amide bonds. The number of H-pyrrole nitrogens is 1. The summed E-state index contributed by atoms with van der Waals surface area (Å²) in [5.74, 6) is 1.61. The normalized spacial score (nSPS) is 10.8. The van der Waals surface area contributed by atoms with Crippen molar-refractivity contribution in [2.45, 2.75) is 26.2 Å². The van der Waals surface area contributed by atoms with Crippen LogP contribution in [0.3, 0.4) is 0 Å². The first-order chi connectivity index (χ1) is 11.7. The monoisotopic (exact) mass is 331 g/mol. The molecule has 24 heavy (non-hydrogen) atoms. The molecule has 0 aliphatic rings. The van der Waals surface area contributed by atoms with Crippen LogP contribution in [0.2, 0.25) is 0 Å². The molecule has 0 saturated heterocycles. The van der Waals surface area contributed by atoms with Gasteiger partial charge in [-0.15, -0.1) is 0 Å². The number of hydrazone groups is 1. The summed E-state index contributed by atoms with van der Waals surface area (Å²) in [4.78, 5) is 14.7. The summed E-state index contributed by atoms with van der Waals surface area (Å²) in [6, 6.07) is 5.54. The molecular weight excluding hydrogens is 310 g/mol. The minimum absolute atomic E-state index is 0.262. The Morgan fingerprint density at radius 2 is 2.21 bits per heavy atom. The number of hydrogen-bond donors (Lipinski definition) is 2. The molecule has 0 spiro atoms. The first kappa shape index (κ1) is 17.5. The maximum atomic E-state index is 11.0. The second-order valence-electron chi connectivity index (χ2n) is 5.01. The molecule has 2 aromatic rings. The van der Waals surface area contributed by atoms with Crippen LogP contribution in [0, 0.1) is 0 Å². The molecule has 2 N–H and O–H groups in total. The van der Waals surface area contributed by atoms with Gasteiger partial charge in [0.2, 0.25) is 0 Å². The van der Waals surface area contributed by atoms with Crippen molar-refractivity contribution >= 4 is 12.0 Å². The topological polar surface area (TPSA) is 101 Å². The molecule has 0 aliphatic carbocycles. The number of hydrogen-bond acceptors (Lipinski definition) is 7. The zero-order valence-electron chi connectivity index (χ0n) is 13.8. The van der Waals surface area contributed by atoms with Gasteiger partial charge in [-0.3, -0.25) is 5.43 Å². The Bertz CT molecular complexity index is 730. The molecule has 0 unspecified atom stereocenters. The summed E-state index contributed by atoms with van der Waals surface area (Å²) >= 11 is 0. The average Bonchev–Trinajstić information content (AvgIpc) is 2.59. The van der Waals surface area contributed by atoms with Gasteiger partial charge in [-0.2, -0.15) is 15.2 Å². The number of benzene rings is 1. The summed E-state index contributed by atoms with van der Waals surface area (Å²) in [6.45, 7) is 2.82. The Morgan fingerprint density at radius 1 is 1.33 bits per heavy atom. The zero-order chi connectivity index (χ0) is 17.2. The second-order valence-corrected chi connectivity index (χ2v) is 5.01. The maximum Gasteiger partial charge on any atom is 0.363 e. The third-order valence-electron chi connectivity index (χ3n) is 3.15. The SMILES string of the molecule is CCCCCOc1ccc(/C=N\Nc2cn[nH]c(=O)n2)cc1OC. The molecule has 1 heterocycles.